The maximum Gasteiger partial charge on any atom is 0.408 e. The van der Waals surface area contributed by atoms with Crippen molar-refractivity contribution in [3.05, 3.63) is 34.1 Å². The van der Waals surface area contributed by atoms with Crippen molar-refractivity contribution in [1.29, 1.82) is 0 Å². The van der Waals surface area contributed by atoms with Crippen LogP contribution in [0.15, 0.2) is 22.7 Å². The zero-order valence-electron chi connectivity index (χ0n) is 8.41. The Hall–Kier alpha value is -0.620. The lowest BCUT2D eigenvalue weighted by Gasteiger charge is -2.21. The second-order valence-electron chi connectivity index (χ2n) is 3.20. The van der Waals surface area contributed by atoms with Gasteiger partial charge in [-0.25, -0.2) is 4.39 Å². The maximum absolute atomic E-state index is 13.4. The Bertz CT molecular complexity index is 364. The van der Waals surface area contributed by atoms with Crippen LogP contribution in [0.2, 0.25) is 0 Å². The summed E-state index contributed by atoms with van der Waals surface area (Å²) in [5.41, 5.74) is -0.391. The zero-order valence-corrected chi connectivity index (χ0v) is 9.99. The maximum atomic E-state index is 13.4. The molecule has 0 fully saturated rings. The Balaban J connectivity index is 3.11. The Morgan fingerprint density at radius 3 is 2.44 bits per heavy atom. The van der Waals surface area contributed by atoms with E-state index in [0.29, 0.717) is 4.47 Å². The number of nitrogens with one attached hydrogen (secondary N) is 1. The first-order valence-corrected chi connectivity index (χ1v) is 5.40. The highest BCUT2D eigenvalue weighted by atomic mass is 79.9. The fourth-order valence-corrected chi connectivity index (χ4v) is 1.67. The van der Waals surface area contributed by atoms with Gasteiger partial charge >= 0.3 is 6.18 Å². The van der Waals surface area contributed by atoms with Crippen molar-refractivity contribution < 1.29 is 17.6 Å². The van der Waals surface area contributed by atoms with E-state index in [2.05, 4.69) is 21.2 Å². The third-order valence-electron chi connectivity index (χ3n) is 2.01. The topological polar surface area (TPSA) is 12.0 Å². The molecule has 0 aromatic heterocycles. The molecule has 0 aliphatic carbocycles. The van der Waals surface area contributed by atoms with Crippen LogP contribution in [0.1, 0.15) is 18.5 Å². The lowest BCUT2D eigenvalue weighted by molar-refractivity contribution is -0.158. The van der Waals surface area contributed by atoms with Gasteiger partial charge in [0.15, 0.2) is 0 Å². The molecule has 0 aliphatic rings. The van der Waals surface area contributed by atoms with Gasteiger partial charge in [0.1, 0.15) is 11.9 Å². The molecule has 6 heteroatoms. The molecule has 1 atom stereocenters. The van der Waals surface area contributed by atoms with Gasteiger partial charge in [0.05, 0.1) is 0 Å². The first-order valence-electron chi connectivity index (χ1n) is 4.61. The standard InChI is InChI=1S/C10H10BrF4N/c1-2-16-9(10(13,14)15)7-4-3-6(11)5-8(7)12/h3-5,9,16H,2H2,1H3. The van der Waals surface area contributed by atoms with E-state index in [1.54, 1.807) is 0 Å². The van der Waals surface area contributed by atoms with E-state index in [9.17, 15) is 17.6 Å². The molecule has 0 radical (unpaired) electrons. The van der Waals surface area contributed by atoms with Crippen LogP contribution in [0, 0.1) is 5.82 Å². The van der Waals surface area contributed by atoms with Crippen LogP contribution in [0.25, 0.3) is 0 Å². The SMILES string of the molecule is CCNC(c1ccc(Br)cc1F)C(F)(F)F. The fraction of sp³-hybridized carbons (Fsp3) is 0.400. The minimum absolute atomic E-state index is 0.111. The van der Waals surface area contributed by atoms with E-state index in [0.717, 1.165) is 12.1 Å². The number of rotatable bonds is 3. The van der Waals surface area contributed by atoms with Crippen LogP contribution in [0.5, 0.6) is 0 Å². The zero-order chi connectivity index (χ0) is 12.3. The molecule has 90 valence electrons. The number of halogens is 5. The van der Waals surface area contributed by atoms with E-state index in [4.69, 9.17) is 0 Å². The summed E-state index contributed by atoms with van der Waals surface area (Å²) in [7, 11) is 0. The third kappa shape index (κ3) is 3.18. The van der Waals surface area contributed by atoms with Crippen molar-refractivity contribution in [2.45, 2.75) is 19.1 Å². The Kier molecular flexibility index (Phi) is 4.32. The van der Waals surface area contributed by atoms with Crippen molar-refractivity contribution >= 4 is 15.9 Å². The van der Waals surface area contributed by atoms with E-state index in [-0.39, 0.29) is 6.54 Å². The van der Waals surface area contributed by atoms with E-state index in [1.165, 1.54) is 13.0 Å². The second kappa shape index (κ2) is 5.14. The van der Waals surface area contributed by atoms with Gasteiger partial charge in [0.2, 0.25) is 0 Å². The molecule has 0 saturated heterocycles. The molecule has 1 nitrogen and oxygen atoms in total. The van der Waals surface area contributed by atoms with Crippen molar-refractivity contribution in [3.8, 4) is 0 Å². The molecule has 1 aromatic rings. The molecule has 16 heavy (non-hydrogen) atoms. The highest BCUT2D eigenvalue weighted by molar-refractivity contribution is 9.10. The van der Waals surface area contributed by atoms with Crippen LogP contribution in [0.4, 0.5) is 17.6 Å². The Morgan fingerprint density at radius 1 is 1.38 bits per heavy atom. The molecule has 1 rings (SSSR count). The Morgan fingerprint density at radius 2 is 2.00 bits per heavy atom. The van der Waals surface area contributed by atoms with E-state index in [1.807, 2.05) is 0 Å². The molecule has 0 aliphatic heterocycles. The van der Waals surface area contributed by atoms with E-state index < -0.39 is 23.6 Å². The van der Waals surface area contributed by atoms with Crippen LogP contribution >= 0.6 is 15.9 Å². The summed E-state index contributed by atoms with van der Waals surface area (Å²) in [5, 5.41) is 2.22. The number of alkyl halides is 3. The van der Waals surface area contributed by atoms with Gasteiger partial charge in [0.25, 0.3) is 0 Å². The molecule has 1 N–H and O–H groups in total. The summed E-state index contributed by atoms with van der Waals surface area (Å²) in [4.78, 5) is 0. The molecule has 1 unspecified atom stereocenters. The van der Waals surface area contributed by atoms with Crippen molar-refractivity contribution in [1.82, 2.24) is 5.32 Å². The quantitative estimate of drug-likeness (QED) is 0.837. The van der Waals surface area contributed by atoms with Gasteiger partial charge in [-0.15, -0.1) is 0 Å². The smallest absolute Gasteiger partial charge is 0.303 e. The normalized spacial score (nSPS) is 13.9. The average Bonchev–Trinajstić information content (AvgIpc) is 2.13. The highest BCUT2D eigenvalue weighted by Gasteiger charge is 2.41. The fourth-order valence-electron chi connectivity index (χ4n) is 1.34. The first kappa shape index (κ1) is 13.4. The van der Waals surface area contributed by atoms with Crippen LogP contribution in [-0.4, -0.2) is 12.7 Å². The van der Waals surface area contributed by atoms with E-state index >= 15 is 0 Å². The molecule has 0 spiro atoms. The van der Waals surface area contributed by atoms with Gasteiger partial charge in [-0.2, -0.15) is 13.2 Å². The molecular weight excluding hydrogens is 290 g/mol. The monoisotopic (exact) mass is 299 g/mol. The highest BCUT2D eigenvalue weighted by Crippen LogP contribution is 2.34. The number of hydrogen-bond donors (Lipinski definition) is 1. The molecule has 0 heterocycles. The summed E-state index contributed by atoms with van der Waals surface area (Å²) in [6.45, 7) is 1.65. The van der Waals surface area contributed by atoms with Crippen molar-refractivity contribution in [2.75, 3.05) is 6.54 Å². The molecule has 0 saturated carbocycles. The molecular formula is C10H10BrF4N. The van der Waals surface area contributed by atoms with Crippen LogP contribution in [-0.2, 0) is 0 Å². The summed E-state index contributed by atoms with van der Waals surface area (Å²) in [5.74, 6) is -0.877. The minimum Gasteiger partial charge on any atom is -0.303 e. The first-order chi connectivity index (χ1) is 7.36. The van der Waals surface area contributed by atoms with Gasteiger partial charge in [-0.1, -0.05) is 28.9 Å². The second-order valence-corrected chi connectivity index (χ2v) is 4.11. The predicted octanol–water partition coefficient (Wildman–Crippen LogP) is 3.80. The summed E-state index contributed by atoms with van der Waals surface area (Å²) in [6, 6.07) is 1.56. The minimum atomic E-state index is -4.51. The molecule has 1 aromatic carbocycles. The van der Waals surface area contributed by atoms with Crippen molar-refractivity contribution in [3.63, 3.8) is 0 Å². The molecule has 0 amide bonds. The average molecular weight is 300 g/mol. The summed E-state index contributed by atoms with van der Waals surface area (Å²) >= 11 is 2.99. The predicted molar refractivity (Wildman–Crippen MR) is 56.6 cm³/mol. The van der Waals surface area contributed by atoms with Gasteiger partial charge in [-0.3, -0.25) is 0 Å². The lowest BCUT2D eigenvalue weighted by Crippen LogP contribution is -2.34. The number of hydrogen-bond acceptors (Lipinski definition) is 1. The van der Waals surface area contributed by atoms with Gasteiger partial charge in [-0.05, 0) is 18.7 Å². The van der Waals surface area contributed by atoms with Gasteiger partial charge < -0.3 is 5.32 Å². The van der Waals surface area contributed by atoms with Crippen LogP contribution < -0.4 is 5.32 Å². The summed E-state index contributed by atoms with van der Waals surface area (Å²) in [6.07, 6.45) is -4.51. The summed E-state index contributed by atoms with van der Waals surface area (Å²) < 4.78 is 51.7. The third-order valence-corrected chi connectivity index (χ3v) is 2.50. The molecule has 0 bridgehead atoms. The largest absolute Gasteiger partial charge is 0.408 e. The lowest BCUT2D eigenvalue weighted by atomic mass is 10.1. The number of benzene rings is 1. The van der Waals surface area contributed by atoms with Gasteiger partial charge in [0, 0.05) is 10.0 Å². The van der Waals surface area contributed by atoms with Crippen LogP contribution in [0.3, 0.4) is 0 Å². The van der Waals surface area contributed by atoms with Crippen molar-refractivity contribution in [2.24, 2.45) is 0 Å². The Labute approximate surface area is 99.0 Å².